The van der Waals surface area contributed by atoms with Gasteiger partial charge >= 0.3 is 0 Å². The Morgan fingerprint density at radius 1 is 1.06 bits per heavy atom. The maximum Gasteiger partial charge on any atom is 0.191 e. The van der Waals surface area contributed by atoms with E-state index in [1.165, 1.54) is 30.1 Å². The van der Waals surface area contributed by atoms with Crippen LogP contribution in [0.3, 0.4) is 0 Å². The Bertz CT molecular complexity index is 676. The maximum absolute atomic E-state index is 13.8. The van der Waals surface area contributed by atoms with Crippen LogP contribution in [-0.4, -0.2) is 73.0 Å². The molecule has 4 nitrogen and oxygen atoms in total. The highest BCUT2D eigenvalue weighted by Crippen LogP contribution is 2.27. The lowest BCUT2D eigenvalue weighted by Crippen LogP contribution is -2.41. The number of nitrogens with zero attached hydrogens (tertiary/aromatic N) is 2. The molecule has 31 heavy (non-hydrogen) atoms. The van der Waals surface area contributed by atoms with Crippen molar-refractivity contribution in [3.8, 4) is 5.75 Å². The lowest BCUT2D eigenvalue weighted by Gasteiger charge is -2.33. The molecule has 0 N–H and O–H groups in total. The van der Waals surface area contributed by atoms with Crippen LogP contribution < -0.4 is 4.74 Å². The fourth-order valence-corrected chi connectivity index (χ4v) is 5.68. The van der Waals surface area contributed by atoms with Crippen molar-refractivity contribution in [1.82, 2.24) is 9.80 Å². The number of thioether (sulfide) groups is 1. The molecule has 0 aromatic heterocycles. The summed E-state index contributed by atoms with van der Waals surface area (Å²) in [5.41, 5.74) is 0.653. The van der Waals surface area contributed by atoms with Crippen molar-refractivity contribution < 1.29 is 18.3 Å². The summed E-state index contributed by atoms with van der Waals surface area (Å²) in [6, 6.07) is 3.53. The average molecular weight is 455 g/mol. The van der Waals surface area contributed by atoms with Crippen molar-refractivity contribution in [3.63, 3.8) is 0 Å². The number of benzene rings is 1. The van der Waals surface area contributed by atoms with Gasteiger partial charge in [0.1, 0.15) is 12.4 Å². The number of aryl methyl sites for hydroxylation is 1. The Morgan fingerprint density at radius 2 is 1.71 bits per heavy atom. The zero-order chi connectivity index (χ0) is 22.2. The predicted molar refractivity (Wildman–Crippen MR) is 123 cm³/mol. The second kappa shape index (κ2) is 12.2. The van der Waals surface area contributed by atoms with Crippen molar-refractivity contribution in [2.75, 3.05) is 44.7 Å². The van der Waals surface area contributed by atoms with Gasteiger partial charge in [-0.2, -0.15) is 11.8 Å². The Morgan fingerprint density at radius 3 is 2.23 bits per heavy atom. The highest BCUT2D eigenvalue weighted by atomic mass is 32.2. The summed E-state index contributed by atoms with van der Waals surface area (Å²) in [7, 11) is 2.04. The lowest BCUT2D eigenvalue weighted by molar-refractivity contribution is -0.112. The van der Waals surface area contributed by atoms with Gasteiger partial charge in [0, 0.05) is 30.8 Å². The molecule has 3 aliphatic heterocycles. The smallest absolute Gasteiger partial charge is 0.191 e. The van der Waals surface area contributed by atoms with Gasteiger partial charge in [-0.25, -0.2) is 8.78 Å². The number of carbonyl (C=O) groups excluding carboxylic acids is 1. The maximum atomic E-state index is 13.8. The second-order valence-electron chi connectivity index (χ2n) is 8.89. The molecule has 0 radical (unpaired) electrons. The Labute approximate surface area is 189 Å². The van der Waals surface area contributed by atoms with Crippen molar-refractivity contribution >= 4 is 18.0 Å². The first-order chi connectivity index (χ1) is 15.0. The average Bonchev–Trinajstić information content (AvgIpc) is 3.33. The molecule has 3 fully saturated rings. The lowest BCUT2D eigenvalue weighted by atomic mass is 9.97. The number of carbonyl (C=O) groups is 1. The fraction of sp³-hybridized carbons (Fsp3) is 0.708. The molecule has 1 atom stereocenters. The first-order valence-corrected chi connectivity index (χ1v) is 12.8. The largest absolute Gasteiger partial charge is 0.484 e. The van der Waals surface area contributed by atoms with E-state index in [1.54, 1.807) is 0 Å². The quantitative estimate of drug-likeness (QED) is 0.616. The molecule has 3 aliphatic rings. The molecular weight excluding hydrogens is 418 g/mol. The molecule has 0 aliphatic carbocycles. The number of piperidine rings is 2. The summed E-state index contributed by atoms with van der Waals surface area (Å²) in [6.07, 6.45) is 6.82. The summed E-state index contributed by atoms with van der Waals surface area (Å²) in [6.45, 7) is 5.97. The van der Waals surface area contributed by atoms with Gasteiger partial charge in [0.25, 0.3) is 0 Å². The van der Waals surface area contributed by atoms with E-state index in [9.17, 15) is 13.6 Å². The second-order valence-corrected chi connectivity index (χ2v) is 10.0. The molecule has 1 aromatic rings. The van der Waals surface area contributed by atoms with E-state index in [2.05, 4.69) is 21.6 Å². The number of rotatable bonds is 5. The molecule has 1 unspecified atom stereocenters. The molecule has 0 spiro atoms. The van der Waals surface area contributed by atoms with E-state index in [-0.39, 0.29) is 11.9 Å². The fourth-order valence-electron chi connectivity index (χ4n) is 4.43. The topological polar surface area (TPSA) is 32.8 Å². The molecule has 0 saturated carbocycles. The van der Waals surface area contributed by atoms with Crippen LogP contribution in [-0.2, 0) is 11.2 Å². The zero-order valence-electron chi connectivity index (χ0n) is 18.8. The third-order valence-electron chi connectivity index (χ3n) is 6.61. The van der Waals surface area contributed by atoms with E-state index in [1.807, 2.05) is 14.0 Å². The van der Waals surface area contributed by atoms with E-state index in [0.717, 1.165) is 64.2 Å². The van der Waals surface area contributed by atoms with E-state index in [0.29, 0.717) is 17.9 Å². The van der Waals surface area contributed by atoms with Crippen LogP contribution in [0.2, 0.25) is 0 Å². The van der Waals surface area contributed by atoms with Gasteiger partial charge in [0.05, 0.1) is 0 Å². The van der Waals surface area contributed by atoms with Gasteiger partial charge in [0.15, 0.2) is 17.4 Å². The van der Waals surface area contributed by atoms with Gasteiger partial charge < -0.3 is 14.4 Å². The third kappa shape index (κ3) is 7.16. The van der Waals surface area contributed by atoms with E-state index in [4.69, 9.17) is 4.74 Å². The monoisotopic (exact) mass is 454 g/mol. The van der Waals surface area contributed by atoms with Gasteiger partial charge in [-0.05, 0) is 82.1 Å². The Hall–Kier alpha value is -1.18. The zero-order valence-corrected chi connectivity index (χ0v) is 19.6. The summed E-state index contributed by atoms with van der Waals surface area (Å²) in [4.78, 5) is 15.3. The van der Waals surface area contributed by atoms with Crippen LogP contribution in [0.1, 0.15) is 44.6 Å². The number of ether oxygens (including phenoxy) is 1. The molecule has 7 heteroatoms. The standard InChI is InChI=1S/C14H19F2NO.C10H17NOS/c1-3-10-8-12(15)14(13(16)9-10)18-11-4-6-17(2)7-5-11;12-7-9-1-4-11(5-2-9)10-3-6-13-8-10/h8-9,11H,3-7H2,1-2H3;7,9-10H,1-6,8H2. The van der Waals surface area contributed by atoms with Crippen LogP contribution in [0.4, 0.5) is 8.78 Å². The summed E-state index contributed by atoms with van der Waals surface area (Å²) in [5.74, 6) is 1.59. The van der Waals surface area contributed by atoms with Crippen LogP contribution in [0.5, 0.6) is 5.75 Å². The van der Waals surface area contributed by atoms with Gasteiger partial charge in [-0.15, -0.1) is 0 Å². The molecule has 3 saturated heterocycles. The van der Waals surface area contributed by atoms with Crippen LogP contribution in [0.25, 0.3) is 0 Å². The van der Waals surface area contributed by atoms with E-state index >= 15 is 0 Å². The normalized spacial score (nSPS) is 23.9. The first-order valence-electron chi connectivity index (χ1n) is 11.6. The highest BCUT2D eigenvalue weighted by molar-refractivity contribution is 7.99. The minimum atomic E-state index is -0.592. The van der Waals surface area contributed by atoms with Crippen LogP contribution >= 0.6 is 11.8 Å². The van der Waals surface area contributed by atoms with Crippen molar-refractivity contribution in [2.24, 2.45) is 5.92 Å². The minimum Gasteiger partial charge on any atom is -0.484 e. The summed E-state index contributed by atoms with van der Waals surface area (Å²) in [5, 5.41) is 0. The van der Waals surface area contributed by atoms with E-state index < -0.39 is 11.6 Å². The van der Waals surface area contributed by atoms with Crippen LogP contribution in [0, 0.1) is 17.6 Å². The summed E-state index contributed by atoms with van der Waals surface area (Å²) >= 11 is 2.07. The van der Waals surface area contributed by atoms with Crippen molar-refractivity contribution in [2.45, 2.75) is 57.6 Å². The first kappa shape index (κ1) is 24.5. The molecule has 3 heterocycles. The van der Waals surface area contributed by atoms with Crippen LogP contribution in [0.15, 0.2) is 12.1 Å². The number of hydrogen-bond acceptors (Lipinski definition) is 5. The molecular formula is C24H36F2N2O2S. The predicted octanol–water partition coefficient (Wildman–Crippen LogP) is 4.40. The molecule has 174 valence electrons. The Kier molecular flexibility index (Phi) is 9.60. The molecule has 0 bridgehead atoms. The van der Waals surface area contributed by atoms with Gasteiger partial charge in [-0.1, -0.05) is 6.92 Å². The van der Waals surface area contributed by atoms with Gasteiger partial charge in [-0.3, -0.25) is 4.90 Å². The third-order valence-corrected chi connectivity index (χ3v) is 7.75. The number of aldehydes is 1. The van der Waals surface area contributed by atoms with Gasteiger partial charge in [0.2, 0.25) is 0 Å². The van der Waals surface area contributed by atoms with Crippen molar-refractivity contribution in [1.29, 1.82) is 0 Å². The number of hydrogen-bond donors (Lipinski definition) is 0. The van der Waals surface area contributed by atoms with Crippen molar-refractivity contribution in [3.05, 3.63) is 29.3 Å². The molecule has 1 aromatic carbocycles. The number of likely N-dealkylation sites (tertiary alicyclic amines) is 2. The Balaban J connectivity index is 0.000000185. The number of halogens is 2. The minimum absolute atomic E-state index is 0.0855. The summed E-state index contributed by atoms with van der Waals surface area (Å²) < 4.78 is 33.0. The molecule has 0 amide bonds. The highest BCUT2D eigenvalue weighted by Gasteiger charge is 2.27. The SMILES string of the molecule is CCc1cc(F)c(OC2CCN(C)CC2)c(F)c1.O=CC1CCN(C2CCSC2)CC1. The molecule has 4 rings (SSSR count).